The molecule has 2 fully saturated rings. The Morgan fingerprint density at radius 1 is 1.18 bits per heavy atom. The van der Waals surface area contributed by atoms with E-state index >= 15 is 0 Å². The van der Waals surface area contributed by atoms with Crippen molar-refractivity contribution in [2.24, 2.45) is 11.8 Å². The van der Waals surface area contributed by atoms with Crippen molar-refractivity contribution in [3.05, 3.63) is 23.6 Å². The first kappa shape index (κ1) is 26.7. The Balaban J connectivity index is 2.13. The van der Waals surface area contributed by atoms with Gasteiger partial charge in [0.15, 0.2) is 0 Å². The molecule has 2 atom stereocenters. The van der Waals surface area contributed by atoms with Gasteiger partial charge in [-0.05, 0) is 38.0 Å². The number of carbonyl (C=O) groups is 4. The fourth-order valence-electron chi connectivity index (χ4n) is 4.69. The van der Waals surface area contributed by atoms with E-state index in [0.717, 1.165) is 25.7 Å². The lowest BCUT2D eigenvalue weighted by Crippen LogP contribution is -2.50. The Morgan fingerprint density at radius 3 is 2.48 bits per heavy atom. The highest BCUT2D eigenvalue weighted by molar-refractivity contribution is 6.08. The summed E-state index contributed by atoms with van der Waals surface area (Å²) in [7, 11) is 0. The lowest BCUT2D eigenvalue weighted by Gasteiger charge is -2.30. The monoisotopic (exact) mass is 465 g/mol. The zero-order valence-corrected chi connectivity index (χ0v) is 19.6. The molecule has 1 aliphatic heterocycles. The topological polar surface area (TPSA) is 107 Å². The molecular formula is C24H36FN3O5. The third-order valence-electron chi connectivity index (χ3n) is 6.41. The first-order valence-electron chi connectivity index (χ1n) is 11.9. The molecule has 33 heavy (non-hydrogen) atoms. The third kappa shape index (κ3) is 7.48. The Kier molecular flexibility index (Phi) is 10.7. The number of hydrogen-bond donors (Lipinski definition) is 2. The van der Waals surface area contributed by atoms with Crippen molar-refractivity contribution >= 4 is 24.1 Å². The Labute approximate surface area is 194 Å². The number of hydrogen-bond acceptors (Lipinski definition) is 5. The van der Waals surface area contributed by atoms with Crippen LogP contribution >= 0.6 is 0 Å². The highest BCUT2D eigenvalue weighted by atomic mass is 19.1. The zero-order chi connectivity index (χ0) is 24.4. The van der Waals surface area contributed by atoms with Gasteiger partial charge in [-0.3, -0.25) is 29.7 Å². The second-order valence-electron chi connectivity index (χ2n) is 8.80. The van der Waals surface area contributed by atoms with Crippen LogP contribution in [0.3, 0.4) is 0 Å². The van der Waals surface area contributed by atoms with Gasteiger partial charge in [-0.25, -0.2) is 9.45 Å². The molecule has 0 bridgehead atoms. The van der Waals surface area contributed by atoms with Crippen molar-refractivity contribution in [1.82, 2.24) is 15.3 Å². The van der Waals surface area contributed by atoms with Crippen LogP contribution in [0.1, 0.15) is 71.6 Å². The van der Waals surface area contributed by atoms with Crippen LogP contribution in [0.15, 0.2) is 23.6 Å². The molecule has 1 saturated heterocycles. The van der Waals surface area contributed by atoms with Crippen LogP contribution in [0.2, 0.25) is 0 Å². The van der Waals surface area contributed by atoms with Crippen LogP contribution in [-0.4, -0.2) is 58.4 Å². The van der Waals surface area contributed by atoms with Gasteiger partial charge in [0.05, 0.1) is 18.0 Å². The lowest BCUT2D eigenvalue weighted by molar-refractivity contribution is -0.158. The Bertz CT molecular complexity index is 776. The predicted molar refractivity (Wildman–Crippen MR) is 120 cm³/mol. The molecule has 1 aliphatic carbocycles. The molecular weight excluding hydrogens is 429 g/mol. The van der Waals surface area contributed by atoms with Crippen LogP contribution in [-0.2, 0) is 19.2 Å². The summed E-state index contributed by atoms with van der Waals surface area (Å²) >= 11 is 0. The van der Waals surface area contributed by atoms with Crippen molar-refractivity contribution in [3.8, 4) is 0 Å². The summed E-state index contributed by atoms with van der Waals surface area (Å²) in [6.45, 7) is 3.64. The van der Waals surface area contributed by atoms with Crippen molar-refractivity contribution < 1.29 is 28.8 Å². The van der Waals surface area contributed by atoms with Gasteiger partial charge in [0.25, 0.3) is 5.91 Å². The maximum absolute atomic E-state index is 14.2. The largest absolute Gasteiger partial charge is 0.330 e. The number of nitrogens with one attached hydrogen (secondary N) is 1. The molecule has 9 heteroatoms. The summed E-state index contributed by atoms with van der Waals surface area (Å²) in [6.07, 6.45) is 9.60. The molecule has 0 radical (unpaired) electrons. The molecule has 2 unspecified atom stereocenters. The number of nitrogens with zero attached hydrogens (tertiary/aromatic N) is 2. The molecule has 1 saturated carbocycles. The van der Waals surface area contributed by atoms with Gasteiger partial charge in [-0.15, -0.1) is 0 Å². The molecule has 1 heterocycles. The minimum Gasteiger partial charge on any atom is -0.330 e. The molecule has 2 aliphatic rings. The summed E-state index contributed by atoms with van der Waals surface area (Å²) in [5, 5.41) is 12.4. The van der Waals surface area contributed by atoms with E-state index < -0.39 is 29.6 Å². The van der Waals surface area contributed by atoms with E-state index in [1.165, 1.54) is 11.0 Å². The second-order valence-corrected chi connectivity index (χ2v) is 8.80. The van der Waals surface area contributed by atoms with Crippen LogP contribution in [0.5, 0.6) is 0 Å². The van der Waals surface area contributed by atoms with E-state index in [4.69, 9.17) is 0 Å². The molecule has 4 amide bonds. The average molecular weight is 466 g/mol. The summed E-state index contributed by atoms with van der Waals surface area (Å²) < 4.78 is 14.2. The molecule has 2 N–H and O–H groups in total. The van der Waals surface area contributed by atoms with E-state index in [1.807, 2.05) is 6.92 Å². The molecule has 8 nitrogen and oxygen atoms in total. The van der Waals surface area contributed by atoms with Crippen LogP contribution in [0.25, 0.3) is 0 Å². The van der Waals surface area contributed by atoms with Gasteiger partial charge in [0, 0.05) is 6.54 Å². The molecule has 0 aromatic rings. The fraction of sp³-hybridized carbons (Fsp3) is 0.667. The van der Waals surface area contributed by atoms with E-state index in [-0.39, 0.29) is 30.9 Å². The molecule has 2 rings (SSSR count). The van der Waals surface area contributed by atoms with E-state index in [9.17, 15) is 28.8 Å². The number of hydroxylamine groups is 2. The van der Waals surface area contributed by atoms with Gasteiger partial charge in [-0.2, -0.15) is 0 Å². The number of carbonyl (C=O) groups excluding carboxylic acids is 4. The number of amides is 4. The number of allylic oxidation sites excluding steroid dienone is 2. The van der Waals surface area contributed by atoms with E-state index in [1.54, 1.807) is 13.0 Å². The fourth-order valence-corrected chi connectivity index (χ4v) is 4.69. The predicted octanol–water partition coefficient (Wildman–Crippen LogP) is 3.26. The maximum atomic E-state index is 14.2. The maximum Gasteiger partial charge on any atom is 0.260 e. The minimum absolute atomic E-state index is 0.0241. The Morgan fingerprint density at radius 2 is 1.88 bits per heavy atom. The van der Waals surface area contributed by atoms with Crippen molar-refractivity contribution in [3.63, 3.8) is 0 Å². The number of rotatable bonds is 11. The van der Waals surface area contributed by atoms with Crippen LogP contribution in [0, 0.1) is 11.8 Å². The highest BCUT2D eigenvalue weighted by Gasteiger charge is 2.39. The summed E-state index contributed by atoms with van der Waals surface area (Å²) in [6, 6.07) is -0.850. The summed E-state index contributed by atoms with van der Waals surface area (Å²) in [5.74, 6) is -2.69. The van der Waals surface area contributed by atoms with Gasteiger partial charge in [0.1, 0.15) is 11.9 Å². The van der Waals surface area contributed by atoms with E-state index in [2.05, 4.69) is 5.32 Å². The molecule has 0 aromatic heterocycles. The van der Waals surface area contributed by atoms with Crippen LogP contribution in [0.4, 0.5) is 4.39 Å². The Hall–Kier alpha value is -2.55. The van der Waals surface area contributed by atoms with Crippen molar-refractivity contribution in [2.45, 2.75) is 77.7 Å². The first-order valence-corrected chi connectivity index (χ1v) is 11.9. The van der Waals surface area contributed by atoms with Gasteiger partial charge in [-0.1, -0.05) is 51.7 Å². The molecule has 184 valence electrons. The van der Waals surface area contributed by atoms with Crippen molar-refractivity contribution in [1.29, 1.82) is 0 Å². The minimum atomic E-state index is -0.850. The standard InChI is InChI=1S/C24H36FN3O5/c1-3-5-11-19(20(25)4-2)22(30)26-23(31)21-12-8-13-28(21)24(32)18(15-27(33)16-29)14-17-9-6-7-10-17/h5,11,16-18,21,33H,3-4,6-10,12-15H2,1-2H3,(H,26,30,31)/b11-5-,20-19-. The smallest absolute Gasteiger partial charge is 0.260 e. The van der Waals surface area contributed by atoms with Gasteiger partial charge in [0.2, 0.25) is 18.2 Å². The highest BCUT2D eigenvalue weighted by Crippen LogP contribution is 2.32. The van der Waals surface area contributed by atoms with E-state index in [0.29, 0.717) is 43.2 Å². The number of imide groups is 1. The zero-order valence-electron chi connectivity index (χ0n) is 19.6. The van der Waals surface area contributed by atoms with Gasteiger partial charge < -0.3 is 4.90 Å². The molecule has 0 aromatic carbocycles. The van der Waals surface area contributed by atoms with Gasteiger partial charge >= 0.3 is 0 Å². The third-order valence-corrected chi connectivity index (χ3v) is 6.41. The normalized spacial score (nSPS) is 20.6. The quantitative estimate of drug-likeness (QED) is 0.160. The molecule has 0 spiro atoms. The van der Waals surface area contributed by atoms with Crippen molar-refractivity contribution in [2.75, 3.05) is 13.1 Å². The second kappa shape index (κ2) is 13.2. The summed E-state index contributed by atoms with van der Waals surface area (Å²) in [4.78, 5) is 51.2. The van der Waals surface area contributed by atoms with Crippen LogP contribution < -0.4 is 5.32 Å². The number of halogens is 1. The number of likely N-dealkylation sites (tertiary alicyclic amines) is 1. The average Bonchev–Trinajstić information content (AvgIpc) is 3.50. The lowest BCUT2D eigenvalue weighted by atomic mass is 9.91. The SMILES string of the molecule is CC/C=C\C(C(=O)NC(=O)C1CCCN1C(=O)C(CC1CCCC1)CN(O)C=O)=C(\F)CC. The summed E-state index contributed by atoms with van der Waals surface area (Å²) in [5.41, 5.74) is -0.190. The first-order chi connectivity index (χ1) is 15.8.